The zero-order valence-electron chi connectivity index (χ0n) is 15.3. The highest BCUT2D eigenvalue weighted by Gasteiger charge is 2.22. The van der Waals surface area contributed by atoms with Gasteiger partial charge in [0.2, 0.25) is 5.88 Å². The number of ether oxygens (including phenoxy) is 1. The van der Waals surface area contributed by atoms with Crippen molar-refractivity contribution < 1.29 is 9.53 Å². The fraction of sp³-hybridized carbons (Fsp3) is 0.444. The van der Waals surface area contributed by atoms with Gasteiger partial charge in [-0.2, -0.15) is 0 Å². The number of pyridine rings is 1. The summed E-state index contributed by atoms with van der Waals surface area (Å²) in [7, 11) is 0. The Morgan fingerprint density at radius 3 is 2.74 bits per heavy atom. The van der Waals surface area contributed by atoms with E-state index >= 15 is 0 Å². The Balaban J connectivity index is 1.80. The second-order valence-corrected chi connectivity index (χ2v) is 6.46. The van der Waals surface area contributed by atoms with E-state index in [1.165, 1.54) is 6.20 Å². The van der Waals surface area contributed by atoms with Gasteiger partial charge in [-0.3, -0.25) is 4.79 Å². The van der Waals surface area contributed by atoms with Gasteiger partial charge in [-0.05, 0) is 25.8 Å². The van der Waals surface area contributed by atoms with Gasteiger partial charge in [-0.15, -0.1) is 0 Å². The summed E-state index contributed by atoms with van der Waals surface area (Å²) in [6, 6.07) is 3.71. The van der Waals surface area contributed by atoms with Gasteiger partial charge in [-0.25, -0.2) is 15.0 Å². The first-order valence-electron chi connectivity index (χ1n) is 9.11. The number of hydrogen-bond acceptors (Lipinski definition) is 8. The number of primary amides is 1. The van der Waals surface area contributed by atoms with E-state index in [0.29, 0.717) is 24.0 Å². The molecular weight excluding hydrogens is 346 g/mol. The molecule has 0 aliphatic heterocycles. The monoisotopic (exact) mass is 371 g/mol. The topological polar surface area (TPSA) is 141 Å². The summed E-state index contributed by atoms with van der Waals surface area (Å²) < 4.78 is 5.32. The quantitative estimate of drug-likeness (QED) is 0.577. The molecule has 1 fully saturated rings. The number of amides is 1. The van der Waals surface area contributed by atoms with Crippen LogP contribution >= 0.6 is 0 Å². The normalized spacial score (nSPS) is 19.3. The van der Waals surface area contributed by atoms with Gasteiger partial charge in [0.1, 0.15) is 5.82 Å². The maximum atomic E-state index is 11.7. The van der Waals surface area contributed by atoms with Crippen LogP contribution in [0.3, 0.4) is 0 Å². The number of nitrogens with one attached hydrogen (secondary N) is 2. The third-order valence-corrected chi connectivity index (χ3v) is 4.45. The number of rotatable bonds is 7. The minimum absolute atomic E-state index is 0.0578. The van der Waals surface area contributed by atoms with Crippen LogP contribution in [-0.2, 0) is 0 Å². The van der Waals surface area contributed by atoms with Crippen LogP contribution in [0.25, 0.3) is 0 Å². The lowest BCUT2D eigenvalue weighted by atomic mass is 9.91. The molecule has 3 rings (SSSR count). The predicted molar refractivity (Wildman–Crippen MR) is 103 cm³/mol. The van der Waals surface area contributed by atoms with E-state index < -0.39 is 5.91 Å². The molecule has 0 saturated heterocycles. The molecule has 0 radical (unpaired) electrons. The number of nitrogens with two attached hydrogens (primary N) is 2. The van der Waals surface area contributed by atoms with Crippen LogP contribution in [0, 0.1) is 0 Å². The molecule has 0 spiro atoms. The van der Waals surface area contributed by atoms with Gasteiger partial charge < -0.3 is 26.8 Å². The first kappa shape index (κ1) is 18.8. The molecule has 144 valence electrons. The van der Waals surface area contributed by atoms with Crippen molar-refractivity contribution in [3.63, 3.8) is 0 Å². The zero-order chi connectivity index (χ0) is 19.2. The second-order valence-electron chi connectivity index (χ2n) is 6.46. The molecule has 2 aromatic rings. The SMILES string of the molecule is CCOc1ccc(Nc2nc(NC3CCCCC3N)cnc2C(N)=O)cn1. The van der Waals surface area contributed by atoms with Crippen LogP contribution in [0.4, 0.5) is 17.3 Å². The summed E-state index contributed by atoms with van der Waals surface area (Å²) in [6.45, 7) is 2.42. The van der Waals surface area contributed by atoms with Crippen LogP contribution in [0.1, 0.15) is 43.1 Å². The molecule has 2 atom stereocenters. The molecule has 9 heteroatoms. The molecule has 2 heterocycles. The third-order valence-electron chi connectivity index (χ3n) is 4.45. The Morgan fingerprint density at radius 1 is 1.26 bits per heavy atom. The highest BCUT2D eigenvalue weighted by molar-refractivity contribution is 5.96. The van der Waals surface area contributed by atoms with E-state index in [4.69, 9.17) is 16.2 Å². The standard InChI is InChI=1S/C18H25N7O2/c1-2-27-15-8-7-11(9-21-15)23-18-16(17(20)26)22-10-14(25-18)24-13-6-4-3-5-12(13)19/h7-10,12-13H,2-6,19H2,1H3,(H2,20,26)(H2,23,24,25). The van der Waals surface area contributed by atoms with E-state index in [9.17, 15) is 4.79 Å². The van der Waals surface area contributed by atoms with E-state index in [-0.39, 0.29) is 23.6 Å². The van der Waals surface area contributed by atoms with Crippen molar-refractivity contribution in [2.45, 2.75) is 44.7 Å². The molecule has 1 aliphatic rings. The van der Waals surface area contributed by atoms with E-state index in [2.05, 4.69) is 25.6 Å². The highest BCUT2D eigenvalue weighted by atomic mass is 16.5. The molecule has 2 aromatic heterocycles. The van der Waals surface area contributed by atoms with Gasteiger partial charge in [0.25, 0.3) is 5.91 Å². The van der Waals surface area contributed by atoms with Crippen molar-refractivity contribution >= 4 is 23.2 Å². The van der Waals surface area contributed by atoms with Crippen molar-refractivity contribution in [2.24, 2.45) is 11.5 Å². The molecule has 1 amide bonds. The van der Waals surface area contributed by atoms with Crippen molar-refractivity contribution in [1.82, 2.24) is 15.0 Å². The second kappa shape index (κ2) is 8.63. The van der Waals surface area contributed by atoms with Gasteiger partial charge in [0.05, 0.1) is 24.7 Å². The molecule has 9 nitrogen and oxygen atoms in total. The largest absolute Gasteiger partial charge is 0.478 e. The van der Waals surface area contributed by atoms with E-state index in [1.54, 1.807) is 18.3 Å². The molecule has 0 aromatic carbocycles. The van der Waals surface area contributed by atoms with Crippen molar-refractivity contribution in [1.29, 1.82) is 0 Å². The summed E-state index contributed by atoms with van der Waals surface area (Å²) in [6.07, 6.45) is 7.32. The maximum Gasteiger partial charge on any atom is 0.271 e. The Hall–Kier alpha value is -2.94. The van der Waals surface area contributed by atoms with Crippen LogP contribution in [0.2, 0.25) is 0 Å². The number of carbonyl (C=O) groups is 1. The summed E-state index contributed by atoms with van der Waals surface area (Å²) in [5, 5.41) is 6.37. The fourth-order valence-corrected chi connectivity index (χ4v) is 3.08. The highest BCUT2D eigenvalue weighted by Crippen LogP contribution is 2.23. The average molecular weight is 371 g/mol. The Labute approximate surface area is 157 Å². The van der Waals surface area contributed by atoms with Crippen molar-refractivity contribution in [3.8, 4) is 5.88 Å². The maximum absolute atomic E-state index is 11.7. The Bertz CT molecular complexity index is 782. The summed E-state index contributed by atoms with van der Waals surface area (Å²) in [5.41, 5.74) is 12.3. The van der Waals surface area contributed by atoms with Crippen LogP contribution in [0.15, 0.2) is 24.5 Å². The van der Waals surface area contributed by atoms with Gasteiger partial charge in [-0.1, -0.05) is 12.8 Å². The fourth-order valence-electron chi connectivity index (χ4n) is 3.08. The van der Waals surface area contributed by atoms with Crippen LogP contribution in [0.5, 0.6) is 5.88 Å². The lowest BCUT2D eigenvalue weighted by Gasteiger charge is -2.29. The molecule has 0 bridgehead atoms. The number of anilines is 3. The number of carbonyl (C=O) groups excluding carboxylic acids is 1. The van der Waals surface area contributed by atoms with Gasteiger partial charge >= 0.3 is 0 Å². The molecular formula is C18H25N7O2. The minimum Gasteiger partial charge on any atom is -0.478 e. The van der Waals surface area contributed by atoms with Gasteiger partial charge in [0, 0.05) is 18.2 Å². The van der Waals surface area contributed by atoms with Crippen molar-refractivity contribution in [2.75, 3.05) is 17.2 Å². The number of aromatic nitrogens is 3. The number of nitrogens with zero attached hydrogens (tertiary/aromatic N) is 3. The Kier molecular flexibility index (Phi) is 6.02. The van der Waals surface area contributed by atoms with Crippen molar-refractivity contribution in [3.05, 3.63) is 30.2 Å². The molecule has 1 saturated carbocycles. The van der Waals surface area contributed by atoms with E-state index in [1.807, 2.05) is 6.92 Å². The summed E-state index contributed by atoms with van der Waals surface area (Å²) >= 11 is 0. The lowest BCUT2D eigenvalue weighted by Crippen LogP contribution is -2.42. The first-order chi connectivity index (χ1) is 13.1. The molecule has 1 aliphatic carbocycles. The summed E-state index contributed by atoms with van der Waals surface area (Å²) in [5.74, 6) is 0.669. The minimum atomic E-state index is -0.662. The Morgan fingerprint density at radius 2 is 2.07 bits per heavy atom. The van der Waals surface area contributed by atoms with Crippen LogP contribution < -0.4 is 26.8 Å². The average Bonchev–Trinajstić information content (AvgIpc) is 2.65. The lowest BCUT2D eigenvalue weighted by molar-refractivity contribution is 0.0996. The van der Waals surface area contributed by atoms with Crippen LogP contribution in [-0.4, -0.2) is 39.5 Å². The smallest absolute Gasteiger partial charge is 0.271 e. The molecule has 27 heavy (non-hydrogen) atoms. The third kappa shape index (κ3) is 4.82. The summed E-state index contributed by atoms with van der Waals surface area (Å²) in [4.78, 5) is 24.5. The van der Waals surface area contributed by atoms with E-state index in [0.717, 1.165) is 25.7 Å². The first-order valence-corrected chi connectivity index (χ1v) is 9.11. The number of hydrogen-bond donors (Lipinski definition) is 4. The molecule has 2 unspecified atom stereocenters. The van der Waals surface area contributed by atoms with Gasteiger partial charge in [0.15, 0.2) is 11.5 Å². The predicted octanol–water partition coefficient (Wildman–Crippen LogP) is 1.79. The molecule has 6 N–H and O–H groups in total. The zero-order valence-corrected chi connectivity index (χ0v) is 15.3.